The van der Waals surface area contributed by atoms with E-state index in [1.54, 1.807) is 4.90 Å². The number of carbonyl (C=O) groups is 3. The van der Waals surface area contributed by atoms with Crippen LogP contribution in [0.2, 0.25) is 0 Å². The second-order valence-corrected chi connectivity index (χ2v) is 9.14. The first-order valence-electron chi connectivity index (χ1n) is 11.4. The summed E-state index contributed by atoms with van der Waals surface area (Å²) in [6, 6.07) is 15.5. The van der Waals surface area contributed by atoms with Gasteiger partial charge in [0.25, 0.3) is 5.91 Å². The van der Waals surface area contributed by atoms with Gasteiger partial charge >= 0.3 is 0 Å². The first-order valence-corrected chi connectivity index (χ1v) is 11.4. The topological polar surface area (TPSA) is 84.3 Å². The van der Waals surface area contributed by atoms with Crippen LogP contribution in [0.15, 0.2) is 48.5 Å². The van der Waals surface area contributed by atoms with Crippen molar-refractivity contribution in [3.63, 3.8) is 0 Å². The lowest BCUT2D eigenvalue weighted by molar-refractivity contribution is -0.136. The molecular formula is C26H24N4O3. The van der Waals surface area contributed by atoms with Crippen molar-refractivity contribution in [1.82, 2.24) is 19.8 Å². The van der Waals surface area contributed by atoms with Crippen LogP contribution in [0.3, 0.4) is 0 Å². The number of fused-ring (bicyclic) bond motifs is 1. The minimum absolute atomic E-state index is 0.158. The van der Waals surface area contributed by atoms with E-state index < -0.39 is 11.9 Å². The Balaban J connectivity index is 1.39. The van der Waals surface area contributed by atoms with E-state index >= 15 is 0 Å². The van der Waals surface area contributed by atoms with Crippen molar-refractivity contribution in [1.29, 1.82) is 0 Å². The lowest BCUT2D eigenvalue weighted by Crippen LogP contribution is -2.52. The molecule has 2 aromatic carbocycles. The number of hydrogen-bond donors (Lipinski definition) is 1. The Morgan fingerprint density at radius 1 is 0.970 bits per heavy atom. The summed E-state index contributed by atoms with van der Waals surface area (Å²) in [5.41, 5.74) is 5.57. The molecule has 1 N–H and O–H groups in total. The zero-order valence-corrected chi connectivity index (χ0v) is 18.4. The Morgan fingerprint density at radius 3 is 2.48 bits per heavy atom. The standard InChI is InChI=1S/C26H24N4O3/c1-29-23(15-5-3-2-4-6-15)22(28-24(29)16-7-8-16)17-9-10-19-18(13-17)14-30(26(19)33)20-11-12-21(31)27-25(20)32/h2-6,9-10,13,16,20H,7-8,11-12,14H2,1H3,(H,27,31,32). The average Bonchev–Trinajstić information content (AvgIpc) is 3.53. The van der Waals surface area contributed by atoms with Crippen LogP contribution in [0, 0.1) is 0 Å². The highest BCUT2D eigenvalue weighted by Crippen LogP contribution is 2.43. The molecule has 3 amide bonds. The first-order chi connectivity index (χ1) is 16.0. The molecule has 1 unspecified atom stereocenters. The molecule has 1 atom stereocenters. The maximum atomic E-state index is 13.1. The Kier molecular flexibility index (Phi) is 4.47. The van der Waals surface area contributed by atoms with Gasteiger partial charge in [0.15, 0.2) is 0 Å². The van der Waals surface area contributed by atoms with Gasteiger partial charge < -0.3 is 9.47 Å². The van der Waals surface area contributed by atoms with E-state index in [0.717, 1.165) is 46.7 Å². The number of rotatable bonds is 4. The number of imidazole rings is 1. The summed E-state index contributed by atoms with van der Waals surface area (Å²) in [6.07, 6.45) is 2.94. The monoisotopic (exact) mass is 440 g/mol. The van der Waals surface area contributed by atoms with Gasteiger partial charge in [-0.2, -0.15) is 0 Å². The van der Waals surface area contributed by atoms with Crippen LogP contribution in [-0.4, -0.2) is 38.2 Å². The molecule has 0 radical (unpaired) electrons. The lowest BCUT2D eigenvalue weighted by atomic mass is 10.0. The number of piperidine rings is 1. The normalized spacial score (nSPS) is 20.2. The largest absolute Gasteiger partial charge is 0.330 e. The Labute approximate surface area is 191 Å². The molecule has 166 valence electrons. The van der Waals surface area contributed by atoms with Crippen LogP contribution < -0.4 is 5.32 Å². The predicted octanol–water partition coefficient (Wildman–Crippen LogP) is 3.39. The average molecular weight is 441 g/mol. The highest BCUT2D eigenvalue weighted by Gasteiger charge is 2.39. The molecule has 0 bridgehead atoms. The second kappa shape index (κ2) is 7.40. The van der Waals surface area contributed by atoms with E-state index in [4.69, 9.17) is 4.98 Å². The highest BCUT2D eigenvalue weighted by molar-refractivity contribution is 6.05. The van der Waals surface area contributed by atoms with Crippen LogP contribution in [0.25, 0.3) is 22.5 Å². The van der Waals surface area contributed by atoms with Gasteiger partial charge in [-0.1, -0.05) is 36.4 Å². The molecule has 1 saturated carbocycles. The summed E-state index contributed by atoms with van der Waals surface area (Å²) in [6.45, 7) is 0.358. The van der Waals surface area contributed by atoms with Crippen molar-refractivity contribution in [3.05, 3.63) is 65.5 Å². The number of nitrogens with one attached hydrogen (secondary N) is 1. The molecule has 3 aromatic rings. The van der Waals surface area contributed by atoms with Gasteiger partial charge in [-0.25, -0.2) is 4.98 Å². The van der Waals surface area contributed by atoms with E-state index in [2.05, 4.69) is 29.1 Å². The van der Waals surface area contributed by atoms with Crippen molar-refractivity contribution >= 4 is 17.7 Å². The second-order valence-electron chi connectivity index (χ2n) is 9.14. The van der Waals surface area contributed by atoms with Crippen molar-refractivity contribution in [2.24, 2.45) is 7.05 Å². The number of hydrogen-bond acceptors (Lipinski definition) is 4. The minimum Gasteiger partial charge on any atom is -0.330 e. The number of amides is 3. The molecule has 6 rings (SSSR count). The third-order valence-corrected chi connectivity index (χ3v) is 6.92. The van der Waals surface area contributed by atoms with Crippen LogP contribution in [0.4, 0.5) is 0 Å². The summed E-state index contributed by atoms with van der Waals surface area (Å²) < 4.78 is 2.20. The number of nitrogens with zero attached hydrogens (tertiary/aromatic N) is 3. The Bertz CT molecular complexity index is 1310. The van der Waals surface area contributed by atoms with Gasteiger partial charge in [-0.05, 0) is 37.0 Å². The SMILES string of the molecule is Cn1c(C2CC2)nc(-c2ccc3c(c2)CN(C2CCC(=O)NC2=O)C3=O)c1-c1ccccc1. The van der Waals surface area contributed by atoms with E-state index in [-0.39, 0.29) is 18.2 Å². The van der Waals surface area contributed by atoms with E-state index in [1.165, 1.54) is 0 Å². The highest BCUT2D eigenvalue weighted by atomic mass is 16.2. The fourth-order valence-corrected chi connectivity index (χ4v) is 5.07. The van der Waals surface area contributed by atoms with Gasteiger partial charge in [-0.15, -0.1) is 0 Å². The Hall–Kier alpha value is -3.74. The third kappa shape index (κ3) is 3.26. The summed E-state index contributed by atoms with van der Waals surface area (Å²) >= 11 is 0. The molecule has 1 aliphatic carbocycles. The molecule has 1 saturated heterocycles. The third-order valence-electron chi connectivity index (χ3n) is 6.92. The fraction of sp³-hybridized carbons (Fsp3) is 0.308. The van der Waals surface area contributed by atoms with Crippen LogP contribution >= 0.6 is 0 Å². The molecule has 0 spiro atoms. The number of carbonyl (C=O) groups excluding carboxylic acids is 3. The zero-order valence-electron chi connectivity index (χ0n) is 18.4. The summed E-state index contributed by atoms with van der Waals surface area (Å²) in [4.78, 5) is 43.6. The lowest BCUT2D eigenvalue weighted by Gasteiger charge is -2.29. The molecule has 2 fully saturated rings. The van der Waals surface area contributed by atoms with Gasteiger partial charge in [0.2, 0.25) is 11.8 Å². The van der Waals surface area contributed by atoms with Gasteiger partial charge in [0.1, 0.15) is 11.9 Å². The van der Waals surface area contributed by atoms with Gasteiger partial charge in [0, 0.05) is 42.6 Å². The summed E-state index contributed by atoms with van der Waals surface area (Å²) in [5, 5.41) is 2.36. The number of benzene rings is 2. The number of imide groups is 1. The quantitative estimate of drug-likeness (QED) is 0.631. The van der Waals surface area contributed by atoms with E-state index in [9.17, 15) is 14.4 Å². The van der Waals surface area contributed by atoms with Crippen LogP contribution in [0.5, 0.6) is 0 Å². The predicted molar refractivity (Wildman–Crippen MR) is 122 cm³/mol. The van der Waals surface area contributed by atoms with Crippen LogP contribution in [0.1, 0.15) is 53.3 Å². The van der Waals surface area contributed by atoms with E-state index in [0.29, 0.717) is 24.4 Å². The molecular weight excluding hydrogens is 416 g/mol. The van der Waals surface area contributed by atoms with Crippen molar-refractivity contribution in [2.45, 2.75) is 44.2 Å². The summed E-state index contributed by atoms with van der Waals surface area (Å²) in [5.74, 6) is 0.778. The van der Waals surface area contributed by atoms with Crippen molar-refractivity contribution in [3.8, 4) is 22.5 Å². The molecule has 7 heteroatoms. The maximum Gasteiger partial charge on any atom is 0.255 e. The first kappa shape index (κ1) is 19.9. The van der Waals surface area contributed by atoms with E-state index in [1.807, 2.05) is 36.4 Å². The van der Waals surface area contributed by atoms with Gasteiger partial charge in [-0.3, -0.25) is 19.7 Å². The van der Waals surface area contributed by atoms with Gasteiger partial charge in [0.05, 0.1) is 11.4 Å². The Morgan fingerprint density at radius 2 is 1.76 bits per heavy atom. The molecule has 3 heterocycles. The zero-order chi connectivity index (χ0) is 22.7. The molecule has 3 aliphatic rings. The van der Waals surface area contributed by atoms with Crippen molar-refractivity contribution in [2.75, 3.05) is 0 Å². The molecule has 2 aliphatic heterocycles. The van der Waals surface area contributed by atoms with Crippen molar-refractivity contribution < 1.29 is 14.4 Å². The molecule has 33 heavy (non-hydrogen) atoms. The smallest absolute Gasteiger partial charge is 0.255 e. The fourth-order valence-electron chi connectivity index (χ4n) is 5.07. The maximum absolute atomic E-state index is 13.1. The summed E-state index contributed by atoms with van der Waals surface area (Å²) in [7, 11) is 2.08. The molecule has 7 nitrogen and oxygen atoms in total. The minimum atomic E-state index is -0.609. The van der Waals surface area contributed by atoms with Crippen LogP contribution in [-0.2, 0) is 23.2 Å². The molecule has 1 aromatic heterocycles. The number of aromatic nitrogens is 2.